The summed E-state index contributed by atoms with van der Waals surface area (Å²) in [6.45, 7) is 0.723. The van der Waals surface area contributed by atoms with Crippen molar-refractivity contribution >= 4 is 17.0 Å². The molecule has 9 heteroatoms. The predicted octanol–water partition coefficient (Wildman–Crippen LogP) is 2.09. The van der Waals surface area contributed by atoms with Gasteiger partial charge in [-0.2, -0.15) is 0 Å². The van der Waals surface area contributed by atoms with E-state index in [0.29, 0.717) is 36.2 Å². The second kappa shape index (κ2) is 8.52. The van der Waals surface area contributed by atoms with Crippen molar-refractivity contribution in [3.8, 4) is 11.3 Å². The number of hydrogen-bond donors (Lipinski definition) is 2. The van der Waals surface area contributed by atoms with Gasteiger partial charge in [0, 0.05) is 37.3 Å². The molecule has 2 N–H and O–H groups in total. The Kier molecular flexibility index (Phi) is 5.42. The van der Waals surface area contributed by atoms with Gasteiger partial charge in [-0.05, 0) is 18.1 Å². The highest BCUT2D eigenvalue weighted by molar-refractivity contribution is 5.95. The van der Waals surface area contributed by atoms with Crippen molar-refractivity contribution in [3.05, 3.63) is 65.7 Å². The molecule has 1 aromatic carbocycles. The maximum atomic E-state index is 12.9. The van der Waals surface area contributed by atoms with Gasteiger partial charge in [0.15, 0.2) is 5.58 Å². The first-order valence-corrected chi connectivity index (χ1v) is 10.5. The minimum Gasteiger partial charge on any atom is -0.462 e. The topological polar surface area (TPSA) is 115 Å². The summed E-state index contributed by atoms with van der Waals surface area (Å²) in [4.78, 5) is 17.3. The van der Waals surface area contributed by atoms with Crippen molar-refractivity contribution in [2.45, 2.75) is 25.0 Å². The van der Waals surface area contributed by atoms with Gasteiger partial charge in [0.1, 0.15) is 16.9 Å². The van der Waals surface area contributed by atoms with E-state index in [4.69, 9.17) is 9.15 Å². The molecule has 1 saturated heterocycles. The van der Waals surface area contributed by atoms with Gasteiger partial charge in [-0.3, -0.25) is 9.48 Å². The van der Waals surface area contributed by atoms with E-state index in [1.54, 1.807) is 23.1 Å². The van der Waals surface area contributed by atoms with Crippen molar-refractivity contribution in [1.29, 1.82) is 0 Å². The third-order valence-corrected chi connectivity index (χ3v) is 5.61. The Morgan fingerprint density at radius 3 is 2.88 bits per heavy atom. The first-order valence-electron chi connectivity index (χ1n) is 10.5. The molecule has 0 saturated carbocycles. The van der Waals surface area contributed by atoms with Gasteiger partial charge in [-0.25, -0.2) is 4.98 Å². The van der Waals surface area contributed by atoms with E-state index in [2.05, 4.69) is 20.6 Å². The van der Waals surface area contributed by atoms with Crippen LogP contribution in [0.3, 0.4) is 0 Å². The Balaban J connectivity index is 1.39. The van der Waals surface area contributed by atoms with E-state index < -0.39 is 6.10 Å². The molecule has 4 heterocycles. The molecule has 1 aliphatic heterocycles. The van der Waals surface area contributed by atoms with Gasteiger partial charge >= 0.3 is 0 Å². The van der Waals surface area contributed by atoms with Crippen molar-refractivity contribution < 1.29 is 19.1 Å². The van der Waals surface area contributed by atoms with Crippen LogP contribution in [0.15, 0.2) is 53.3 Å². The molecular formula is C23H23N5O4. The van der Waals surface area contributed by atoms with Crippen LogP contribution in [0, 0.1) is 0 Å². The number of carbonyl (C=O) groups excluding carboxylic acids is 1. The molecule has 9 nitrogen and oxygen atoms in total. The number of aliphatic hydroxyl groups excluding tert-OH is 1. The van der Waals surface area contributed by atoms with E-state index in [9.17, 15) is 9.90 Å². The molecule has 3 aromatic heterocycles. The quantitative estimate of drug-likeness (QED) is 0.495. The number of aliphatic hydroxyl groups is 1. The molecule has 1 aliphatic rings. The van der Waals surface area contributed by atoms with E-state index in [1.807, 2.05) is 37.5 Å². The minimum absolute atomic E-state index is 0.217. The number of ether oxygens (including phenoxy) is 1. The first-order chi connectivity index (χ1) is 15.6. The number of benzene rings is 1. The van der Waals surface area contributed by atoms with E-state index >= 15 is 0 Å². The molecule has 1 amide bonds. The third kappa shape index (κ3) is 4.12. The average molecular weight is 433 g/mol. The molecular weight excluding hydrogens is 410 g/mol. The molecule has 0 unspecified atom stereocenters. The monoisotopic (exact) mass is 433 g/mol. The molecule has 0 radical (unpaired) electrons. The van der Waals surface area contributed by atoms with Crippen LogP contribution in [0.4, 0.5) is 0 Å². The van der Waals surface area contributed by atoms with Crippen molar-refractivity contribution in [1.82, 2.24) is 25.3 Å². The lowest BCUT2D eigenvalue weighted by Crippen LogP contribution is -2.48. The largest absolute Gasteiger partial charge is 0.462 e. The van der Waals surface area contributed by atoms with Crippen LogP contribution < -0.4 is 5.32 Å². The fourth-order valence-corrected chi connectivity index (χ4v) is 3.90. The lowest BCUT2D eigenvalue weighted by Gasteiger charge is -2.28. The molecule has 1 fully saturated rings. The van der Waals surface area contributed by atoms with Crippen LogP contribution in [0.2, 0.25) is 0 Å². The van der Waals surface area contributed by atoms with Crippen molar-refractivity contribution in [2.75, 3.05) is 13.2 Å². The number of nitrogens with zero attached hydrogens (tertiary/aromatic N) is 4. The Hall–Kier alpha value is -3.56. The van der Waals surface area contributed by atoms with Gasteiger partial charge < -0.3 is 19.6 Å². The highest BCUT2D eigenvalue weighted by Crippen LogP contribution is 2.24. The summed E-state index contributed by atoms with van der Waals surface area (Å²) in [6, 6.07) is 11.2. The Labute approximate surface area is 184 Å². The zero-order chi connectivity index (χ0) is 22.1. The zero-order valence-electron chi connectivity index (χ0n) is 17.6. The Morgan fingerprint density at radius 2 is 2.12 bits per heavy atom. The molecule has 0 spiro atoms. The lowest BCUT2D eigenvalue weighted by atomic mass is 10.0. The molecule has 2 atom stereocenters. The number of furan rings is 1. The van der Waals surface area contributed by atoms with E-state index in [0.717, 1.165) is 22.4 Å². The second-order valence-corrected chi connectivity index (χ2v) is 7.96. The number of pyridine rings is 1. The molecule has 0 aliphatic carbocycles. The summed E-state index contributed by atoms with van der Waals surface area (Å²) in [7, 11) is 1.83. The van der Waals surface area contributed by atoms with Crippen LogP contribution in [0.5, 0.6) is 0 Å². The maximum Gasteiger partial charge on any atom is 0.270 e. The number of fused-ring (bicyclic) bond motifs is 1. The molecule has 5 rings (SSSR count). The van der Waals surface area contributed by atoms with Crippen LogP contribution in [-0.4, -0.2) is 56.4 Å². The highest BCUT2D eigenvalue weighted by atomic mass is 16.5. The third-order valence-electron chi connectivity index (χ3n) is 5.61. The first kappa shape index (κ1) is 20.3. The Bertz CT molecular complexity index is 1250. The lowest BCUT2D eigenvalue weighted by molar-refractivity contribution is -0.0261. The minimum atomic E-state index is -0.724. The van der Waals surface area contributed by atoms with Gasteiger partial charge in [0.05, 0.1) is 31.2 Å². The van der Waals surface area contributed by atoms with Gasteiger partial charge in [0.25, 0.3) is 5.91 Å². The van der Waals surface area contributed by atoms with Gasteiger partial charge in [-0.15, -0.1) is 5.10 Å². The van der Waals surface area contributed by atoms with Crippen LogP contribution >= 0.6 is 0 Å². The van der Waals surface area contributed by atoms with E-state index in [-0.39, 0.29) is 18.6 Å². The van der Waals surface area contributed by atoms with Crippen LogP contribution in [-0.2, 0) is 18.2 Å². The van der Waals surface area contributed by atoms with Crippen LogP contribution in [0.25, 0.3) is 22.4 Å². The molecule has 0 bridgehead atoms. The van der Waals surface area contributed by atoms with Gasteiger partial charge in [0.2, 0.25) is 0 Å². The number of hydrogen-bond acceptors (Lipinski definition) is 7. The SMILES string of the molecule is Cn1cc(-c2ccc(Cc3cc(C(=O)N[C@@H]4CCOC[C@H]4O)nc4ccoc34)cc2)nn1. The number of nitrogens with one attached hydrogen (secondary N) is 1. The second-order valence-electron chi connectivity index (χ2n) is 7.96. The van der Waals surface area contributed by atoms with Crippen molar-refractivity contribution in [3.63, 3.8) is 0 Å². The smallest absolute Gasteiger partial charge is 0.270 e. The number of rotatable bonds is 5. The summed E-state index contributed by atoms with van der Waals surface area (Å²) in [6.07, 6.45) is 3.85. The summed E-state index contributed by atoms with van der Waals surface area (Å²) >= 11 is 0. The number of aromatic nitrogens is 4. The van der Waals surface area contributed by atoms with E-state index in [1.165, 1.54) is 0 Å². The average Bonchev–Trinajstić information content (AvgIpc) is 3.45. The molecule has 32 heavy (non-hydrogen) atoms. The fourth-order valence-electron chi connectivity index (χ4n) is 3.90. The summed E-state index contributed by atoms with van der Waals surface area (Å²) < 4.78 is 12.5. The molecule has 164 valence electrons. The normalized spacial score (nSPS) is 18.7. The maximum absolute atomic E-state index is 12.9. The molecule has 4 aromatic rings. The number of amides is 1. The fraction of sp³-hybridized carbons (Fsp3) is 0.304. The van der Waals surface area contributed by atoms with Gasteiger partial charge in [-0.1, -0.05) is 29.5 Å². The van der Waals surface area contributed by atoms with Crippen molar-refractivity contribution in [2.24, 2.45) is 7.05 Å². The number of carbonyl (C=O) groups is 1. The Morgan fingerprint density at radius 1 is 1.28 bits per heavy atom. The number of aryl methyl sites for hydroxylation is 1. The zero-order valence-corrected chi connectivity index (χ0v) is 17.6. The summed E-state index contributed by atoms with van der Waals surface area (Å²) in [5.74, 6) is -0.321. The predicted molar refractivity (Wildman–Crippen MR) is 116 cm³/mol. The highest BCUT2D eigenvalue weighted by Gasteiger charge is 2.26. The van der Waals surface area contributed by atoms with Crippen LogP contribution in [0.1, 0.15) is 28.0 Å². The summed E-state index contributed by atoms with van der Waals surface area (Å²) in [5, 5.41) is 21.1. The summed E-state index contributed by atoms with van der Waals surface area (Å²) in [5.41, 5.74) is 5.30. The standard InChI is InChI=1S/C23H23N5O4/c1-28-12-20(26-27-28)15-4-2-14(3-5-15)10-16-11-19(24-18-7-9-32-22(16)18)23(30)25-17-6-8-31-13-21(17)29/h2-5,7,9,11-12,17,21,29H,6,8,10,13H2,1H3,(H,25,30)/t17-,21-/m1/s1.